The molecule has 1 saturated heterocycles. The zero-order valence-electron chi connectivity index (χ0n) is 16.6. The van der Waals surface area contributed by atoms with Crippen molar-refractivity contribution < 1.29 is 29.6 Å². The zero-order chi connectivity index (χ0) is 20.9. The monoisotopic (exact) mass is 396 g/mol. The van der Waals surface area contributed by atoms with Gasteiger partial charge in [0.15, 0.2) is 0 Å². The van der Waals surface area contributed by atoms with Gasteiger partial charge < -0.3 is 25.4 Å². The summed E-state index contributed by atoms with van der Waals surface area (Å²) in [4.78, 5) is 20.5. The Labute approximate surface area is 166 Å². The van der Waals surface area contributed by atoms with Crippen LogP contribution in [0.4, 0.5) is 0 Å². The molecule has 1 fully saturated rings. The van der Waals surface area contributed by atoms with Crippen molar-refractivity contribution in [2.75, 3.05) is 45.9 Å². The maximum absolute atomic E-state index is 10.1. The Bertz CT molecular complexity index is 573. The van der Waals surface area contributed by atoms with Gasteiger partial charge in [0, 0.05) is 26.2 Å². The van der Waals surface area contributed by atoms with Crippen molar-refractivity contribution >= 4 is 11.9 Å². The molecule has 1 unspecified atom stereocenters. The molecule has 0 saturated carbocycles. The minimum absolute atomic E-state index is 0.304. The molecule has 1 aromatic carbocycles. The number of aliphatic hydroxyl groups excluding tert-OH is 1. The third-order valence-electron chi connectivity index (χ3n) is 4.37. The Morgan fingerprint density at radius 2 is 1.68 bits per heavy atom. The third-order valence-corrected chi connectivity index (χ3v) is 4.37. The van der Waals surface area contributed by atoms with E-state index < -0.39 is 11.9 Å². The Morgan fingerprint density at radius 1 is 1.11 bits per heavy atom. The number of aliphatic hydroxyl groups is 1. The minimum atomic E-state index is -1.82. The summed E-state index contributed by atoms with van der Waals surface area (Å²) >= 11 is 0. The highest BCUT2D eigenvalue weighted by atomic mass is 16.5. The first-order valence-electron chi connectivity index (χ1n) is 9.53. The Morgan fingerprint density at radius 3 is 2.18 bits per heavy atom. The predicted molar refractivity (Wildman–Crippen MR) is 106 cm³/mol. The molecule has 8 heteroatoms. The molecule has 1 aliphatic rings. The lowest BCUT2D eigenvalue weighted by atomic mass is 10.0. The number of benzene rings is 1. The van der Waals surface area contributed by atoms with E-state index in [0.717, 1.165) is 45.8 Å². The number of carboxylic acids is 2. The van der Waals surface area contributed by atoms with Gasteiger partial charge in [-0.3, -0.25) is 4.90 Å². The highest BCUT2D eigenvalue weighted by Crippen LogP contribution is 2.14. The molecule has 4 N–H and O–H groups in total. The van der Waals surface area contributed by atoms with E-state index >= 15 is 0 Å². The van der Waals surface area contributed by atoms with Crippen LogP contribution in [0.1, 0.15) is 30.9 Å². The van der Waals surface area contributed by atoms with Crippen LogP contribution in [0.25, 0.3) is 0 Å². The number of nitrogens with zero attached hydrogens (tertiary/aromatic N) is 1. The first-order chi connectivity index (χ1) is 13.3. The molecule has 0 amide bonds. The molecule has 0 aromatic heterocycles. The van der Waals surface area contributed by atoms with Gasteiger partial charge in [-0.1, -0.05) is 38.1 Å². The lowest BCUT2D eigenvalue weighted by molar-refractivity contribution is -0.159. The molecular formula is C20H32N2O6. The maximum Gasteiger partial charge on any atom is 0.414 e. The number of hydrogen-bond donors (Lipinski definition) is 4. The number of carbonyl (C=O) groups is 2. The maximum atomic E-state index is 10.1. The zero-order valence-corrected chi connectivity index (χ0v) is 16.6. The van der Waals surface area contributed by atoms with Crippen molar-refractivity contribution in [2.45, 2.75) is 32.3 Å². The molecule has 1 aromatic rings. The van der Waals surface area contributed by atoms with Crippen LogP contribution in [-0.2, 0) is 20.7 Å². The van der Waals surface area contributed by atoms with Gasteiger partial charge in [0.2, 0.25) is 0 Å². The summed E-state index contributed by atoms with van der Waals surface area (Å²) in [6, 6.07) is 8.85. The van der Waals surface area contributed by atoms with Crippen LogP contribution in [-0.4, -0.2) is 84.2 Å². The van der Waals surface area contributed by atoms with Gasteiger partial charge in [-0.2, -0.15) is 0 Å². The summed E-state index contributed by atoms with van der Waals surface area (Å²) in [5.74, 6) is -3.06. The second-order valence-corrected chi connectivity index (χ2v) is 7.03. The van der Waals surface area contributed by atoms with Crippen LogP contribution in [0.5, 0.6) is 0 Å². The molecule has 8 nitrogen and oxygen atoms in total. The van der Waals surface area contributed by atoms with Gasteiger partial charge in [-0.25, -0.2) is 9.59 Å². The van der Waals surface area contributed by atoms with Crippen molar-refractivity contribution in [1.29, 1.82) is 0 Å². The molecule has 0 aliphatic carbocycles. The van der Waals surface area contributed by atoms with Crippen LogP contribution < -0.4 is 5.32 Å². The van der Waals surface area contributed by atoms with E-state index in [4.69, 9.17) is 24.5 Å². The third kappa shape index (κ3) is 10.4. The van der Waals surface area contributed by atoms with Crippen molar-refractivity contribution in [3.05, 3.63) is 35.4 Å². The van der Waals surface area contributed by atoms with Gasteiger partial charge in [0.1, 0.15) is 0 Å². The number of aliphatic carboxylic acids is 2. The molecule has 1 aliphatic heterocycles. The van der Waals surface area contributed by atoms with Gasteiger partial charge in [-0.15, -0.1) is 0 Å². The summed E-state index contributed by atoms with van der Waals surface area (Å²) < 4.78 is 5.31. The molecule has 1 heterocycles. The molecule has 1 atom stereocenters. The average Bonchev–Trinajstić information content (AvgIpc) is 2.67. The fourth-order valence-corrected chi connectivity index (χ4v) is 2.72. The highest BCUT2D eigenvalue weighted by Gasteiger charge is 2.14. The first-order valence-corrected chi connectivity index (χ1v) is 9.53. The Hall–Kier alpha value is -2.00. The standard InChI is InChI=1S/C18H30N2O2.C2H2O4/c1-15(2)17-5-3-16(4-6-17)7-8-19-13-18(21)14-20-9-11-22-12-10-20;3-1(4)2(5)6/h3-6,15,18-19,21H,7-14H2,1-2H3;(H,3,4)(H,5,6). The largest absolute Gasteiger partial charge is 0.473 e. The van der Waals surface area contributed by atoms with Crippen LogP contribution >= 0.6 is 0 Å². The number of β-amino-alcohol motifs (C(OH)–C–C–N with tert-alkyl or cyclic N) is 1. The fraction of sp³-hybridized carbons (Fsp3) is 0.600. The van der Waals surface area contributed by atoms with Crippen LogP contribution in [0.2, 0.25) is 0 Å². The SMILES string of the molecule is CC(C)c1ccc(CCNCC(O)CN2CCOCC2)cc1.O=C(O)C(=O)O. The Kier molecular flexibility index (Phi) is 11.4. The van der Waals surface area contributed by atoms with Crippen LogP contribution in [0, 0.1) is 0 Å². The summed E-state index contributed by atoms with van der Waals surface area (Å²) in [6.07, 6.45) is 0.698. The smallest absolute Gasteiger partial charge is 0.414 e. The van der Waals surface area contributed by atoms with Crippen molar-refractivity contribution in [2.24, 2.45) is 0 Å². The van der Waals surface area contributed by atoms with Crippen molar-refractivity contribution in [3.63, 3.8) is 0 Å². The van der Waals surface area contributed by atoms with E-state index in [1.807, 2.05) is 0 Å². The summed E-state index contributed by atoms with van der Waals surface area (Å²) in [5, 5.41) is 28.2. The number of morpholine rings is 1. The van der Waals surface area contributed by atoms with E-state index in [9.17, 15) is 5.11 Å². The molecular weight excluding hydrogens is 364 g/mol. The number of nitrogens with one attached hydrogen (secondary N) is 1. The molecule has 0 bridgehead atoms. The fourth-order valence-electron chi connectivity index (χ4n) is 2.72. The topological polar surface area (TPSA) is 119 Å². The predicted octanol–water partition coefficient (Wildman–Crippen LogP) is 0.791. The number of ether oxygens (including phenoxy) is 1. The van der Waals surface area contributed by atoms with Crippen molar-refractivity contribution in [1.82, 2.24) is 10.2 Å². The van der Waals surface area contributed by atoms with Gasteiger partial charge in [0.25, 0.3) is 0 Å². The van der Waals surface area contributed by atoms with Crippen molar-refractivity contribution in [3.8, 4) is 0 Å². The first kappa shape index (κ1) is 24.0. The van der Waals surface area contributed by atoms with E-state index in [0.29, 0.717) is 12.5 Å². The second kappa shape index (κ2) is 13.2. The van der Waals surface area contributed by atoms with Gasteiger partial charge >= 0.3 is 11.9 Å². The number of rotatable bonds is 8. The second-order valence-electron chi connectivity index (χ2n) is 7.03. The molecule has 158 valence electrons. The summed E-state index contributed by atoms with van der Waals surface area (Å²) in [7, 11) is 0. The number of hydrogen-bond acceptors (Lipinski definition) is 6. The molecule has 28 heavy (non-hydrogen) atoms. The molecule has 2 rings (SSSR count). The van der Waals surface area contributed by atoms with Crippen LogP contribution in [0.3, 0.4) is 0 Å². The Balaban J connectivity index is 0.000000568. The lowest BCUT2D eigenvalue weighted by Crippen LogP contribution is -2.43. The minimum Gasteiger partial charge on any atom is -0.473 e. The van der Waals surface area contributed by atoms with Gasteiger partial charge in [0.05, 0.1) is 19.3 Å². The van der Waals surface area contributed by atoms with E-state index in [-0.39, 0.29) is 6.10 Å². The average molecular weight is 396 g/mol. The lowest BCUT2D eigenvalue weighted by Gasteiger charge is -2.28. The van der Waals surface area contributed by atoms with Crippen LogP contribution in [0.15, 0.2) is 24.3 Å². The van der Waals surface area contributed by atoms with E-state index in [1.165, 1.54) is 11.1 Å². The molecule has 0 spiro atoms. The van der Waals surface area contributed by atoms with E-state index in [2.05, 4.69) is 48.3 Å². The highest BCUT2D eigenvalue weighted by molar-refractivity contribution is 6.27. The van der Waals surface area contributed by atoms with Gasteiger partial charge in [-0.05, 0) is 30.0 Å². The quantitative estimate of drug-likeness (QED) is 0.376. The normalized spacial score (nSPS) is 15.6. The summed E-state index contributed by atoms with van der Waals surface area (Å²) in [5.41, 5.74) is 2.73. The molecule has 0 radical (unpaired) electrons. The van der Waals surface area contributed by atoms with E-state index in [1.54, 1.807) is 0 Å². The summed E-state index contributed by atoms with van der Waals surface area (Å²) in [6.45, 7) is 10.2. The number of carboxylic acid groups (broad SMARTS) is 2.